The van der Waals surface area contributed by atoms with Crippen LogP contribution in [0.5, 0.6) is 0 Å². The van der Waals surface area contributed by atoms with Crippen molar-refractivity contribution in [2.75, 3.05) is 38.1 Å². The van der Waals surface area contributed by atoms with E-state index in [0.29, 0.717) is 36.3 Å². The molecule has 4 rings (SSSR count). The Kier molecular flexibility index (Phi) is 14.8. The van der Waals surface area contributed by atoms with E-state index in [2.05, 4.69) is 32.2 Å². The molecule has 0 radical (unpaired) electrons. The van der Waals surface area contributed by atoms with Crippen molar-refractivity contribution in [1.82, 2.24) is 25.0 Å². The molecule has 1 amide bonds. The molecule has 0 unspecified atom stereocenters. The number of fused-ring (bicyclic) bond motifs is 1. The number of anilines is 1. The van der Waals surface area contributed by atoms with E-state index in [0.717, 1.165) is 51.6 Å². The number of piperidine rings is 1. The highest BCUT2D eigenvalue weighted by atomic mass is 19.4. The minimum absolute atomic E-state index is 0.0700. The van der Waals surface area contributed by atoms with Gasteiger partial charge < -0.3 is 25.0 Å². The fourth-order valence-corrected chi connectivity index (χ4v) is 6.16. The summed E-state index contributed by atoms with van der Waals surface area (Å²) in [6, 6.07) is 7.71. The molecule has 0 spiro atoms. The van der Waals surface area contributed by atoms with E-state index in [-0.39, 0.29) is 29.9 Å². The van der Waals surface area contributed by atoms with Gasteiger partial charge in [0.25, 0.3) is 0 Å². The number of pyridine rings is 1. The van der Waals surface area contributed by atoms with Gasteiger partial charge in [0.15, 0.2) is 5.69 Å². The molecule has 2 N–H and O–H groups in total. The molecule has 3 aromatic rings. The minimum atomic E-state index is -4.71. The molecule has 0 aliphatic carbocycles. The van der Waals surface area contributed by atoms with Gasteiger partial charge in [-0.3, -0.25) is 4.68 Å². The number of rotatable bonds is 17. The lowest BCUT2D eigenvalue weighted by Gasteiger charge is -2.35. The lowest BCUT2D eigenvalue weighted by Crippen LogP contribution is -2.48. The third-order valence-corrected chi connectivity index (χ3v) is 8.78. The topological polar surface area (TPSA) is 111 Å². The molecular formula is C39H52F4N6O4. The molecule has 1 saturated heterocycles. The van der Waals surface area contributed by atoms with Gasteiger partial charge in [-0.25, -0.2) is 19.0 Å². The van der Waals surface area contributed by atoms with Crippen LogP contribution in [0, 0.1) is 0 Å². The van der Waals surface area contributed by atoms with Gasteiger partial charge in [-0.05, 0) is 77.8 Å². The number of unbranched alkanes of at least 4 members (excludes halogenated alkanes) is 5. The zero-order valence-electron chi connectivity index (χ0n) is 31.1. The maximum absolute atomic E-state index is 15.6. The molecule has 10 nitrogen and oxygen atoms in total. The molecule has 1 aromatic carbocycles. The summed E-state index contributed by atoms with van der Waals surface area (Å²) in [6.45, 7) is 13.2. The first-order valence-corrected chi connectivity index (χ1v) is 18.3. The standard InChI is InChI=1S/C39H52F4N6O4/c1-6-52-36(50)34-19-24-49(47-34)22-12-10-8-7-9-11-21-48-23-18-33(31(40)26-48)46-32-17-13-16-29-30(32)25-28(45-35(29)27(2)39(41,42)43)15-14-20-44-37(51)53-38(3,4)5/h13-17,19,24-25,31,33,46H,2,6-12,18,20-23,26H2,1,3-5H3,(H,44,51)/b15-14+/t31-,33+/m0/s1. The third-order valence-electron chi connectivity index (χ3n) is 8.78. The van der Waals surface area contributed by atoms with Crippen LogP contribution in [0.3, 0.4) is 0 Å². The SMILES string of the molecule is C=C(c1nc(/C=C/CNC(=O)OC(C)(C)C)cc2c(N[C@@H]3CCN(CCCCCCCCn4ccc(C(=O)OCC)n4)C[C@@H]3F)cccc12)C(F)(F)F. The monoisotopic (exact) mass is 744 g/mol. The molecule has 53 heavy (non-hydrogen) atoms. The number of benzene rings is 1. The Bertz CT molecular complexity index is 1720. The first-order valence-electron chi connectivity index (χ1n) is 18.3. The Morgan fingerprint density at radius 2 is 1.75 bits per heavy atom. The van der Waals surface area contributed by atoms with Gasteiger partial charge in [0.1, 0.15) is 11.8 Å². The number of carbonyl (C=O) groups is 2. The number of allylic oxidation sites excluding steroid dienone is 1. The van der Waals surface area contributed by atoms with Crippen LogP contribution in [0.25, 0.3) is 22.4 Å². The summed E-state index contributed by atoms with van der Waals surface area (Å²) in [4.78, 5) is 30.1. The largest absolute Gasteiger partial charge is 0.461 e. The van der Waals surface area contributed by atoms with Gasteiger partial charge in [0.05, 0.1) is 29.6 Å². The third kappa shape index (κ3) is 12.9. The highest BCUT2D eigenvalue weighted by Crippen LogP contribution is 2.37. The molecule has 1 aliphatic heterocycles. The van der Waals surface area contributed by atoms with Crippen LogP contribution < -0.4 is 10.6 Å². The van der Waals surface area contributed by atoms with E-state index in [1.54, 1.807) is 75.0 Å². The lowest BCUT2D eigenvalue weighted by molar-refractivity contribution is -0.0688. The van der Waals surface area contributed by atoms with Crippen molar-refractivity contribution in [1.29, 1.82) is 0 Å². The van der Waals surface area contributed by atoms with Crippen LogP contribution in [0.1, 0.15) is 94.5 Å². The first kappa shape index (κ1) is 41.3. The summed E-state index contributed by atoms with van der Waals surface area (Å²) in [5, 5.41) is 10.8. The number of amides is 1. The fourth-order valence-electron chi connectivity index (χ4n) is 6.16. The molecule has 2 atom stereocenters. The Morgan fingerprint density at radius 3 is 2.43 bits per heavy atom. The van der Waals surface area contributed by atoms with Crippen LogP contribution >= 0.6 is 0 Å². The zero-order chi connectivity index (χ0) is 38.6. The number of esters is 1. The summed E-state index contributed by atoms with van der Waals surface area (Å²) >= 11 is 0. The van der Waals surface area contributed by atoms with Crippen LogP contribution in [-0.2, 0) is 16.0 Å². The van der Waals surface area contributed by atoms with Crippen LogP contribution in [-0.4, -0.2) is 88.5 Å². The first-order chi connectivity index (χ1) is 25.1. The smallest absolute Gasteiger partial charge is 0.417 e. The molecule has 1 fully saturated rings. The number of halogens is 4. The summed E-state index contributed by atoms with van der Waals surface area (Å²) in [5.74, 6) is -0.409. The van der Waals surface area contributed by atoms with E-state index < -0.39 is 41.6 Å². The number of carbonyl (C=O) groups excluding carboxylic acids is 2. The molecule has 14 heteroatoms. The average molecular weight is 745 g/mol. The summed E-state index contributed by atoms with van der Waals surface area (Å²) in [7, 11) is 0. The van der Waals surface area contributed by atoms with Gasteiger partial charge in [-0.2, -0.15) is 18.3 Å². The predicted octanol–water partition coefficient (Wildman–Crippen LogP) is 8.59. The van der Waals surface area contributed by atoms with Crippen LogP contribution in [0.2, 0.25) is 0 Å². The van der Waals surface area contributed by atoms with Crippen molar-refractivity contribution in [3.05, 3.63) is 66.3 Å². The Morgan fingerprint density at radius 1 is 1.04 bits per heavy atom. The average Bonchev–Trinajstić information content (AvgIpc) is 3.57. The minimum Gasteiger partial charge on any atom is -0.461 e. The lowest BCUT2D eigenvalue weighted by atomic mass is 9.99. The summed E-state index contributed by atoms with van der Waals surface area (Å²) in [6.07, 6.45) is 5.12. The molecule has 3 heterocycles. The Hall–Kier alpha value is -4.46. The van der Waals surface area contributed by atoms with E-state index in [9.17, 15) is 22.8 Å². The number of ether oxygens (including phenoxy) is 2. The molecule has 0 saturated carbocycles. The molecule has 0 bridgehead atoms. The second kappa shape index (κ2) is 19.0. The Labute approximate surface area is 309 Å². The van der Waals surface area contributed by atoms with Crippen molar-refractivity contribution in [2.45, 2.75) is 103 Å². The predicted molar refractivity (Wildman–Crippen MR) is 199 cm³/mol. The van der Waals surface area contributed by atoms with Crippen LogP contribution in [0.4, 0.5) is 28.0 Å². The summed E-state index contributed by atoms with van der Waals surface area (Å²) < 4.78 is 69.1. The number of alkyl halides is 4. The highest BCUT2D eigenvalue weighted by Gasteiger charge is 2.35. The highest BCUT2D eigenvalue weighted by molar-refractivity contribution is 6.01. The summed E-state index contributed by atoms with van der Waals surface area (Å²) in [5.41, 5.74) is -1.01. The zero-order valence-corrected chi connectivity index (χ0v) is 31.1. The van der Waals surface area contributed by atoms with Crippen molar-refractivity contribution in [3.8, 4) is 0 Å². The second-order valence-corrected chi connectivity index (χ2v) is 14.2. The molecule has 1 aliphatic rings. The maximum atomic E-state index is 15.6. The van der Waals surface area contributed by atoms with Gasteiger partial charge in [0.2, 0.25) is 0 Å². The molecular weight excluding hydrogens is 692 g/mol. The fraction of sp³-hybridized carbons (Fsp3) is 0.538. The van der Waals surface area contributed by atoms with Crippen molar-refractivity contribution in [3.63, 3.8) is 0 Å². The van der Waals surface area contributed by atoms with Gasteiger partial charge in [-0.1, -0.05) is 50.5 Å². The number of likely N-dealkylation sites (tertiary alicyclic amines) is 1. The maximum Gasteiger partial charge on any atom is 0.417 e. The van der Waals surface area contributed by atoms with Crippen molar-refractivity contribution >= 4 is 40.2 Å². The van der Waals surface area contributed by atoms with Gasteiger partial charge >= 0.3 is 18.2 Å². The molecule has 290 valence electrons. The second-order valence-electron chi connectivity index (χ2n) is 14.2. The molecule has 2 aromatic heterocycles. The normalized spacial score (nSPS) is 16.9. The van der Waals surface area contributed by atoms with Gasteiger partial charge in [-0.15, -0.1) is 0 Å². The number of alkyl carbamates (subject to hydrolysis) is 1. The van der Waals surface area contributed by atoms with Crippen LogP contribution in [0.15, 0.2) is 49.2 Å². The Balaban J connectivity index is 1.28. The number of nitrogens with zero attached hydrogens (tertiary/aromatic N) is 4. The van der Waals surface area contributed by atoms with Gasteiger partial charge in [0, 0.05) is 48.8 Å². The quantitative estimate of drug-likeness (QED) is 0.0804. The van der Waals surface area contributed by atoms with E-state index in [1.807, 2.05) is 0 Å². The van der Waals surface area contributed by atoms with Crippen molar-refractivity contribution in [2.24, 2.45) is 0 Å². The van der Waals surface area contributed by atoms with Crippen molar-refractivity contribution < 1.29 is 36.6 Å². The number of aryl methyl sites for hydroxylation is 1. The van der Waals surface area contributed by atoms with E-state index >= 15 is 4.39 Å². The van der Waals surface area contributed by atoms with E-state index in [1.165, 1.54) is 6.08 Å². The number of hydrogen-bond donors (Lipinski definition) is 2. The number of hydrogen-bond acceptors (Lipinski definition) is 8. The number of nitrogens with one attached hydrogen (secondary N) is 2. The number of aromatic nitrogens is 3. The van der Waals surface area contributed by atoms with E-state index in [4.69, 9.17) is 9.47 Å².